The SMILES string of the molecule is Cc1nnnn1-c1ccc(CC(=O)N2C[C@H]3C[C@@H](N4CCOCC4)[C@H](O)C[C@H]3C2)cc1. The maximum Gasteiger partial charge on any atom is 0.227 e. The molecule has 9 nitrogen and oxygen atoms in total. The topological polar surface area (TPSA) is 96.6 Å². The van der Waals surface area contributed by atoms with Gasteiger partial charge < -0.3 is 14.7 Å². The molecule has 166 valence electrons. The molecule has 3 fully saturated rings. The van der Waals surface area contributed by atoms with E-state index in [0.717, 1.165) is 69.3 Å². The van der Waals surface area contributed by atoms with Crippen LogP contribution in [0.1, 0.15) is 24.2 Å². The Bertz CT molecular complexity index is 910. The summed E-state index contributed by atoms with van der Waals surface area (Å²) in [7, 11) is 0. The fraction of sp³-hybridized carbons (Fsp3) is 0.636. The predicted octanol–water partition coefficient (Wildman–Crippen LogP) is 0.443. The lowest BCUT2D eigenvalue weighted by Gasteiger charge is -2.43. The second kappa shape index (κ2) is 8.64. The van der Waals surface area contributed by atoms with Crippen molar-refractivity contribution in [1.29, 1.82) is 0 Å². The first-order chi connectivity index (χ1) is 15.1. The summed E-state index contributed by atoms with van der Waals surface area (Å²) in [6, 6.07) is 8.02. The minimum absolute atomic E-state index is 0.165. The van der Waals surface area contributed by atoms with Gasteiger partial charge in [0, 0.05) is 32.2 Å². The molecule has 1 aliphatic carbocycles. The van der Waals surface area contributed by atoms with Crippen LogP contribution in [0.4, 0.5) is 0 Å². The molecule has 1 aromatic carbocycles. The molecule has 3 heterocycles. The first-order valence-corrected chi connectivity index (χ1v) is 11.2. The predicted molar refractivity (Wildman–Crippen MR) is 113 cm³/mol. The summed E-state index contributed by atoms with van der Waals surface area (Å²) in [5.41, 5.74) is 1.87. The molecule has 0 spiro atoms. The summed E-state index contributed by atoms with van der Waals surface area (Å²) in [6.07, 6.45) is 1.84. The number of tetrazole rings is 1. The second-order valence-electron chi connectivity index (χ2n) is 9.05. The molecule has 1 amide bonds. The monoisotopic (exact) mass is 426 g/mol. The van der Waals surface area contributed by atoms with E-state index in [1.807, 2.05) is 36.1 Å². The lowest BCUT2D eigenvalue weighted by atomic mass is 9.77. The molecule has 2 saturated heterocycles. The lowest BCUT2D eigenvalue weighted by Crippen LogP contribution is -2.53. The second-order valence-corrected chi connectivity index (χ2v) is 9.05. The molecule has 31 heavy (non-hydrogen) atoms. The third-order valence-electron chi connectivity index (χ3n) is 7.14. The van der Waals surface area contributed by atoms with Gasteiger partial charge in [0.05, 0.1) is 31.4 Å². The summed E-state index contributed by atoms with van der Waals surface area (Å²) in [6.45, 7) is 6.69. The molecule has 0 bridgehead atoms. The number of aromatic nitrogens is 4. The Hall–Kier alpha value is -2.36. The van der Waals surface area contributed by atoms with Crippen molar-refractivity contribution in [2.24, 2.45) is 11.8 Å². The highest BCUT2D eigenvalue weighted by molar-refractivity contribution is 5.79. The van der Waals surface area contributed by atoms with E-state index in [1.54, 1.807) is 4.68 Å². The number of fused-ring (bicyclic) bond motifs is 1. The standard InChI is InChI=1S/C22H30N6O3/c1-15-23-24-25-28(15)19-4-2-16(3-5-19)10-22(30)27-13-17-11-20(21(29)12-18(17)14-27)26-6-8-31-9-7-26/h2-5,17-18,20-21,29H,6-14H2,1H3/t17-,18+,20-,21-/m1/s1. The van der Waals surface area contributed by atoms with Crippen LogP contribution >= 0.6 is 0 Å². The van der Waals surface area contributed by atoms with Gasteiger partial charge in [-0.25, -0.2) is 0 Å². The Kier molecular flexibility index (Phi) is 5.73. The Morgan fingerprint density at radius 1 is 1.13 bits per heavy atom. The molecule has 0 unspecified atom stereocenters. The van der Waals surface area contributed by atoms with E-state index in [9.17, 15) is 9.90 Å². The molecular formula is C22H30N6O3. The van der Waals surface area contributed by atoms with E-state index >= 15 is 0 Å². The average molecular weight is 427 g/mol. The number of ether oxygens (including phenoxy) is 1. The zero-order chi connectivity index (χ0) is 21.4. The van der Waals surface area contributed by atoms with Crippen LogP contribution in [0.25, 0.3) is 5.69 Å². The van der Waals surface area contributed by atoms with Crippen molar-refractivity contribution in [2.45, 2.75) is 38.3 Å². The zero-order valence-corrected chi connectivity index (χ0v) is 17.9. The molecule has 2 aromatic rings. The highest BCUT2D eigenvalue weighted by Gasteiger charge is 2.44. The largest absolute Gasteiger partial charge is 0.391 e. The van der Waals surface area contributed by atoms with Gasteiger partial charge in [-0.1, -0.05) is 12.1 Å². The quantitative estimate of drug-likeness (QED) is 0.758. The van der Waals surface area contributed by atoms with Crippen molar-refractivity contribution < 1.29 is 14.6 Å². The number of carbonyl (C=O) groups excluding carboxylic acids is 1. The molecule has 1 aromatic heterocycles. The van der Waals surface area contributed by atoms with Gasteiger partial charge in [0.25, 0.3) is 0 Å². The van der Waals surface area contributed by atoms with Gasteiger partial charge in [0.2, 0.25) is 5.91 Å². The molecule has 9 heteroatoms. The van der Waals surface area contributed by atoms with E-state index in [1.165, 1.54) is 0 Å². The molecule has 1 N–H and O–H groups in total. The smallest absolute Gasteiger partial charge is 0.227 e. The van der Waals surface area contributed by atoms with E-state index in [2.05, 4.69) is 20.4 Å². The van der Waals surface area contributed by atoms with Crippen LogP contribution < -0.4 is 0 Å². The Labute approximate surface area is 182 Å². The number of carbonyl (C=O) groups is 1. The van der Waals surface area contributed by atoms with Crippen LogP contribution in [0.15, 0.2) is 24.3 Å². The number of likely N-dealkylation sites (tertiary alicyclic amines) is 1. The fourth-order valence-corrected chi connectivity index (χ4v) is 5.42. The molecule has 1 saturated carbocycles. The molecular weight excluding hydrogens is 396 g/mol. The third kappa shape index (κ3) is 4.22. The van der Waals surface area contributed by atoms with Crippen molar-refractivity contribution in [2.75, 3.05) is 39.4 Å². The molecule has 4 atom stereocenters. The van der Waals surface area contributed by atoms with Crippen molar-refractivity contribution in [3.8, 4) is 5.69 Å². The van der Waals surface area contributed by atoms with Gasteiger partial charge in [-0.15, -0.1) is 5.10 Å². The number of aryl methyl sites for hydroxylation is 1. The van der Waals surface area contributed by atoms with Crippen LogP contribution in [0.5, 0.6) is 0 Å². The first-order valence-electron chi connectivity index (χ1n) is 11.2. The Balaban J connectivity index is 1.19. The van der Waals surface area contributed by atoms with Gasteiger partial charge in [0.1, 0.15) is 0 Å². The minimum Gasteiger partial charge on any atom is -0.391 e. The number of nitrogens with zero attached hydrogens (tertiary/aromatic N) is 6. The maximum atomic E-state index is 13.0. The zero-order valence-electron chi connectivity index (χ0n) is 17.9. The summed E-state index contributed by atoms with van der Waals surface area (Å²) in [4.78, 5) is 17.4. The van der Waals surface area contributed by atoms with Gasteiger partial charge in [-0.3, -0.25) is 9.69 Å². The Morgan fingerprint density at radius 3 is 2.52 bits per heavy atom. The summed E-state index contributed by atoms with van der Waals surface area (Å²) in [5.74, 6) is 1.77. The number of amides is 1. The first kappa shape index (κ1) is 20.5. The third-order valence-corrected chi connectivity index (χ3v) is 7.14. The van der Waals surface area contributed by atoms with Gasteiger partial charge in [0.15, 0.2) is 5.82 Å². The Morgan fingerprint density at radius 2 is 1.84 bits per heavy atom. The normalized spacial score (nSPS) is 29.2. The minimum atomic E-state index is -0.309. The van der Waals surface area contributed by atoms with Crippen molar-refractivity contribution in [1.82, 2.24) is 30.0 Å². The van der Waals surface area contributed by atoms with E-state index < -0.39 is 0 Å². The van der Waals surface area contributed by atoms with E-state index in [0.29, 0.717) is 18.3 Å². The van der Waals surface area contributed by atoms with Crippen LogP contribution in [0.3, 0.4) is 0 Å². The number of morpholine rings is 1. The fourth-order valence-electron chi connectivity index (χ4n) is 5.42. The van der Waals surface area contributed by atoms with Crippen LogP contribution in [-0.4, -0.2) is 92.6 Å². The van der Waals surface area contributed by atoms with Gasteiger partial charge in [-0.2, -0.15) is 4.68 Å². The number of rotatable bonds is 4. The highest BCUT2D eigenvalue weighted by Crippen LogP contribution is 2.38. The maximum absolute atomic E-state index is 13.0. The van der Waals surface area contributed by atoms with Crippen LogP contribution in [0, 0.1) is 18.8 Å². The summed E-state index contributed by atoms with van der Waals surface area (Å²) in [5, 5.41) is 22.3. The van der Waals surface area contributed by atoms with E-state index in [-0.39, 0.29) is 18.1 Å². The summed E-state index contributed by atoms with van der Waals surface area (Å²) >= 11 is 0. The molecule has 0 radical (unpaired) electrons. The number of hydrogen-bond acceptors (Lipinski definition) is 7. The number of hydrogen-bond donors (Lipinski definition) is 1. The van der Waals surface area contributed by atoms with Crippen molar-refractivity contribution in [3.05, 3.63) is 35.7 Å². The molecule has 3 aliphatic rings. The number of aliphatic hydroxyl groups is 1. The van der Waals surface area contributed by atoms with Gasteiger partial charge in [-0.05, 0) is 59.7 Å². The van der Waals surface area contributed by atoms with Crippen LogP contribution in [0.2, 0.25) is 0 Å². The van der Waals surface area contributed by atoms with E-state index in [4.69, 9.17) is 4.74 Å². The number of aliphatic hydroxyl groups excluding tert-OH is 1. The molecule has 2 aliphatic heterocycles. The van der Waals surface area contributed by atoms with Gasteiger partial charge >= 0.3 is 0 Å². The van der Waals surface area contributed by atoms with Crippen molar-refractivity contribution >= 4 is 5.91 Å². The number of benzene rings is 1. The molecule has 5 rings (SSSR count). The highest BCUT2D eigenvalue weighted by atomic mass is 16.5. The van der Waals surface area contributed by atoms with Crippen LogP contribution in [-0.2, 0) is 16.0 Å². The lowest BCUT2D eigenvalue weighted by molar-refractivity contribution is -0.129. The van der Waals surface area contributed by atoms with Crippen molar-refractivity contribution in [3.63, 3.8) is 0 Å². The average Bonchev–Trinajstić information content (AvgIpc) is 3.40. The summed E-state index contributed by atoms with van der Waals surface area (Å²) < 4.78 is 7.14.